The molecule has 1 amide bonds. The lowest BCUT2D eigenvalue weighted by molar-refractivity contribution is -0.126. The molecule has 0 bridgehead atoms. The van der Waals surface area contributed by atoms with Crippen LogP contribution < -0.4 is 5.32 Å². The summed E-state index contributed by atoms with van der Waals surface area (Å²) in [5.41, 5.74) is 2.94. The van der Waals surface area contributed by atoms with Crippen LogP contribution in [0.1, 0.15) is 30.8 Å². The van der Waals surface area contributed by atoms with E-state index in [1.807, 2.05) is 73.1 Å². The van der Waals surface area contributed by atoms with E-state index in [1.54, 1.807) is 0 Å². The first-order valence-corrected chi connectivity index (χ1v) is 8.54. The van der Waals surface area contributed by atoms with Crippen molar-refractivity contribution in [3.05, 3.63) is 66.0 Å². The Bertz CT molecular complexity index is 843. The quantitative estimate of drug-likeness (QED) is 0.674. The van der Waals surface area contributed by atoms with Gasteiger partial charge in [-0.15, -0.1) is 0 Å². The van der Waals surface area contributed by atoms with E-state index in [2.05, 4.69) is 5.32 Å². The number of hydrogen-bond donors (Lipinski definition) is 1. The van der Waals surface area contributed by atoms with Gasteiger partial charge in [-0.1, -0.05) is 49.4 Å². The molecule has 0 aliphatic rings. The van der Waals surface area contributed by atoms with Crippen LogP contribution in [0.25, 0.3) is 11.0 Å². The first-order valence-electron chi connectivity index (χ1n) is 8.54. The standard InChI is InChI=1S/C20H23N3O2/c1-3-13-25-14-18(24)22-19(15-9-5-4-6-10-15)20-21-16-11-7-8-12-17(16)23(20)2/h4-12,19H,3,13-14H2,1-2H3,(H,22,24). The minimum atomic E-state index is -0.323. The highest BCUT2D eigenvalue weighted by Gasteiger charge is 2.22. The van der Waals surface area contributed by atoms with Gasteiger partial charge >= 0.3 is 0 Å². The van der Waals surface area contributed by atoms with Gasteiger partial charge in [-0.2, -0.15) is 0 Å². The van der Waals surface area contributed by atoms with E-state index in [-0.39, 0.29) is 18.6 Å². The smallest absolute Gasteiger partial charge is 0.246 e. The summed E-state index contributed by atoms with van der Waals surface area (Å²) >= 11 is 0. The van der Waals surface area contributed by atoms with Crippen molar-refractivity contribution in [2.45, 2.75) is 19.4 Å². The number of imidazole rings is 1. The average Bonchev–Trinajstić information content (AvgIpc) is 2.97. The summed E-state index contributed by atoms with van der Waals surface area (Å²) in [7, 11) is 1.97. The van der Waals surface area contributed by atoms with Crippen LogP contribution in [0.4, 0.5) is 0 Å². The fraction of sp³-hybridized carbons (Fsp3) is 0.300. The number of para-hydroxylation sites is 2. The zero-order chi connectivity index (χ0) is 17.6. The van der Waals surface area contributed by atoms with E-state index in [0.717, 1.165) is 28.8 Å². The Morgan fingerprint density at radius 1 is 1.16 bits per heavy atom. The minimum absolute atomic E-state index is 0.0567. The number of amides is 1. The molecule has 1 heterocycles. The highest BCUT2D eigenvalue weighted by Crippen LogP contribution is 2.24. The minimum Gasteiger partial charge on any atom is -0.372 e. The fourth-order valence-corrected chi connectivity index (χ4v) is 2.88. The number of ether oxygens (including phenoxy) is 1. The Morgan fingerprint density at radius 2 is 1.88 bits per heavy atom. The summed E-state index contributed by atoms with van der Waals surface area (Å²) < 4.78 is 7.40. The lowest BCUT2D eigenvalue weighted by atomic mass is 10.1. The maximum Gasteiger partial charge on any atom is 0.246 e. The zero-order valence-electron chi connectivity index (χ0n) is 14.6. The van der Waals surface area contributed by atoms with Crippen LogP contribution in [0.2, 0.25) is 0 Å². The molecule has 0 aliphatic heterocycles. The van der Waals surface area contributed by atoms with Gasteiger partial charge in [0.25, 0.3) is 0 Å². The third kappa shape index (κ3) is 3.88. The van der Waals surface area contributed by atoms with Crippen LogP contribution in [-0.4, -0.2) is 28.7 Å². The summed E-state index contributed by atoms with van der Waals surface area (Å²) in [6.07, 6.45) is 0.889. The molecule has 5 nitrogen and oxygen atoms in total. The van der Waals surface area contributed by atoms with Gasteiger partial charge in [0.15, 0.2) is 0 Å². The Hall–Kier alpha value is -2.66. The van der Waals surface area contributed by atoms with Gasteiger partial charge in [0.2, 0.25) is 5.91 Å². The summed E-state index contributed by atoms with van der Waals surface area (Å²) in [6.45, 7) is 2.65. The molecule has 1 unspecified atom stereocenters. The van der Waals surface area contributed by atoms with Crippen molar-refractivity contribution in [3.63, 3.8) is 0 Å². The summed E-state index contributed by atoms with van der Waals surface area (Å²) in [5.74, 6) is 0.658. The van der Waals surface area contributed by atoms with E-state index in [0.29, 0.717) is 6.61 Å². The molecule has 0 radical (unpaired) electrons. The Labute approximate surface area is 147 Å². The molecular weight excluding hydrogens is 314 g/mol. The molecule has 25 heavy (non-hydrogen) atoms. The third-order valence-electron chi connectivity index (χ3n) is 4.10. The van der Waals surface area contributed by atoms with Crippen LogP contribution in [0.15, 0.2) is 54.6 Å². The predicted octanol–water partition coefficient (Wildman–Crippen LogP) is 3.21. The highest BCUT2D eigenvalue weighted by molar-refractivity contribution is 5.79. The lowest BCUT2D eigenvalue weighted by Gasteiger charge is -2.19. The predicted molar refractivity (Wildman–Crippen MR) is 98.3 cm³/mol. The van der Waals surface area contributed by atoms with Gasteiger partial charge in [0, 0.05) is 13.7 Å². The molecule has 5 heteroatoms. The van der Waals surface area contributed by atoms with Gasteiger partial charge < -0.3 is 14.6 Å². The normalized spacial score (nSPS) is 12.2. The summed E-state index contributed by atoms with van der Waals surface area (Å²) in [6, 6.07) is 17.5. The number of nitrogens with zero attached hydrogens (tertiary/aromatic N) is 2. The van der Waals surface area contributed by atoms with Crippen molar-refractivity contribution in [2.24, 2.45) is 7.05 Å². The Kier molecular flexibility index (Phi) is 5.46. The van der Waals surface area contributed by atoms with Gasteiger partial charge in [-0.05, 0) is 24.1 Å². The van der Waals surface area contributed by atoms with Crippen molar-refractivity contribution < 1.29 is 9.53 Å². The molecule has 3 rings (SSSR count). The number of fused-ring (bicyclic) bond motifs is 1. The first-order chi connectivity index (χ1) is 12.2. The molecule has 1 atom stereocenters. The zero-order valence-corrected chi connectivity index (χ0v) is 14.6. The Balaban J connectivity index is 1.93. The second kappa shape index (κ2) is 7.94. The van der Waals surface area contributed by atoms with Crippen LogP contribution in [0, 0.1) is 0 Å². The number of rotatable bonds is 7. The average molecular weight is 337 g/mol. The molecule has 1 aromatic heterocycles. The molecule has 0 spiro atoms. The molecular formula is C20H23N3O2. The van der Waals surface area contributed by atoms with E-state index >= 15 is 0 Å². The van der Waals surface area contributed by atoms with Crippen molar-refractivity contribution in [1.29, 1.82) is 0 Å². The molecule has 3 aromatic rings. The van der Waals surface area contributed by atoms with Gasteiger partial charge in [-0.3, -0.25) is 4.79 Å². The number of aromatic nitrogens is 2. The fourth-order valence-electron chi connectivity index (χ4n) is 2.88. The second-order valence-corrected chi connectivity index (χ2v) is 5.98. The number of aryl methyl sites for hydroxylation is 1. The number of carbonyl (C=O) groups is 1. The maximum absolute atomic E-state index is 12.3. The lowest BCUT2D eigenvalue weighted by Crippen LogP contribution is -2.33. The van der Waals surface area contributed by atoms with E-state index in [1.165, 1.54) is 0 Å². The van der Waals surface area contributed by atoms with Crippen LogP contribution >= 0.6 is 0 Å². The molecule has 130 valence electrons. The molecule has 0 saturated heterocycles. The first kappa shape index (κ1) is 17.2. The van der Waals surface area contributed by atoms with E-state index < -0.39 is 0 Å². The van der Waals surface area contributed by atoms with Crippen molar-refractivity contribution in [3.8, 4) is 0 Å². The topological polar surface area (TPSA) is 56.1 Å². The molecule has 2 aromatic carbocycles. The van der Waals surface area contributed by atoms with Gasteiger partial charge in [-0.25, -0.2) is 4.98 Å². The van der Waals surface area contributed by atoms with Crippen LogP contribution in [0.3, 0.4) is 0 Å². The number of carbonyl (C=O) groups excluding carboxylic acids is 1. The van der Waals surface area contributed by atoms with Crippen LogP contribution in [0.5, 0.6) is 0 Å². The highest BCUT2D eigenvalue weighted by atomic mass is 16.5. The van der Waals surface area contributed by atoms with E-state index in [9.17, 15) is 4.79 Å². The monoisotopic (exact) mass is 337 g/mol. The Morgan fingerprint density at radius 3 is 2.60 bits per heavy atom. The summed E-state index contributed by atoms with van der Waals surface area (Å²) in [5, 5.41) is 3.06. The number of hydrogen-bond acceptors (Lipinski definition) is 3. The van der Waals surface area contributed by atoms with Gasteiger partial charge in [0.1, 0.15) is 18.5 Å². The number of nitrogens with one attached hydrogen (secondary N) is 1. The largest absolute Gasteiger partial charge is 0.372 e. The SMILES string of the molecule is CCCOCC(=O)NC(c1ccccc1)c1nc2ccccc2n1C. The van der Waals surface area contributed by atoms with Gasteiger partial charge in [0.05, 0.1) is 11.0 Å². The maximum atomic E-state index is 12.3. The van der Waals surface area contributed by atoms with E-state index in [4.69, 9.17) is 9.72 Å². The van der Waals surface area contributed by atoms with Crippen molar-refractivity contribution in [1.82, 2.24) is 14.9 Å². The molecule has 0 fully saturated rings. The second-order valence-electron chi connectivity index (χ2n) is 5.98. The molecule has 0 saturated carbocycles. The third-order valence-corrected chi connectivity index (χ3v) is 4.10. The molecule has 0 aliphatic carbocycles. The van der Waals surface area contributed by atoms with Crippen molar-refractivity contribution in [2.75, 3.05) is 13.2 Å². The van der Waals surface area contributed by atoms with Crippen LogP contribution in [-0.2, 0) is 16.6 Å². The van der Waals surface area contributed by atoms with Crippen molar-refractivity contribution >= 4 is 16.9 Å². The molecule has 1 N–H and O–H groups in total. The summed E-state index contributed by atoms with van der Waals surface area (Å²) in [4.78, 5) is 17.1. The number of benzene rings is 2.